The van der Waals surface area contributed by atoms with Crippen LogP contribution in [0.25, 0.3) is 32.8 Å². The minimum atomic E-state index is -0.949. The maximum Gasteiger partial charge on any atom is 0.352 e. The number of hydrogen-bond donors (Lipinski definition) is 1. The van der Waals surface area contributed by atoms with Crippen LogP contribution in [0.15, 0.2) is 48.5 Å². The Labute approximate surface area is 249 Å². The summed E-state index contributed by atoms with van der Waals surface area (Å²) in [5.74, 6) is 0.291. The Balaban J connectivity index is 1.42. The number of anilines is 1. The first-order chi connectivity index (χ1) is 20.3. The van der Waals surface area contributed by atoms with Gasteiger partial charge in [-0.25, -0.2) is 9.18 Å². The third-order valence-corrected chi connectivity index (χ3v) is 8.73. The van der Waals surface area contributed by atoms with Gasteiger partial charge in [-0.3, -0.25) is 4.68 Å². The summed E-state index contributed by atoms with van der Waals surface area (Å²) in [5.41, 5.74) is 4.68. The second kappa shape index (κ2) is 11.3. The first-order valence-electron chi connectivity index (χ1n) is 14.4. The van der Waals surface area contributed by atoms with Crippen molar-refractivity contribution in [3.63, 3.8) is 0 Å². The van der Waals surface area contributed by atoms with Crippen LogP contribution in [-0.4, -0.2) is 45.6 Å². The first-order valence-corrected chi connectivity index (χ1v) is 14.8. The van der Waals surface area contributed by atoms with Gasteiger partial charge in [0.1, 0.15) is 17.3 Å². The molecule has 0 amide bonds. The molecule has 3 heterocycles. The zero-order chi connectivity index (χ0) is 29.5. The molecule has 5 aromatic rings. The predicted molar refractivity (Wildman–Crippen MR) is 166 cm³/mol. The van der Waals surface area contributed by atoms with Crippen LogP contribution in [0.1, 0.15) is 47.4 Å². The van der Waals surface area contributed by atoms with Crippen LogP contribution < -0.4 is 9.64 Å². The summed E-state index contributed by atoms with van der Waals surface area (Å²) in [6.07, 6.45) is 3.93. The van der Waals surface area contributed by atoms with Crippen molar-refractivity contribution in [2.75, 3.05) is 25.1 Å². The smallest absolute Gasteiger partial charge is 0.352 e. The summed E-state index contributed by atoms with van der Waals surface area (Å²) in [6, 6.07) is 14.0. The monoisotopic (exact) mass is 588 g/mol. The van der Waals surface area contributed by atoms with E-state index in [0.29, 0.717) is 42.5 Å². The minimum absolute atomic E-state index is 0.289. The lowest BCUT2D eigenvalue weighted by Gasteiger charge is -2.19. The third-order valence-electron chi connectivity index (χ3n) is 8.41. The molecule has 9 heteroatoms. The second-order valence-corrected chi connectivity index (χ2v) is 11.5. The van der Waals surface area contributed by atoms with Gasteiger partial charge in [0.25, 0.3) is 0 Å². The molecule has 1 aliphatic heterocycles. The maximum absolute atomic E-state index is 13.7. The molecule has 42 heavy (non-hydrogen) atoms. The van der Waals surface area contributed by atoms with Crippen LogP contribution in [0.4, 0.5) is 10.2 Å². The van der Waals surface area contributed by atoms with Crippen LogP contribution in [-0.2, 0) is 20.0 Å². The van der Waals surface area contributed by atoms with E-state index in [1.807, 2.05) is 53.6 Å². The van der Waals surface area contributed by atoms with E-state index in [2.05, 4.69) is 11.9 Å². The molecule has 0 unspecified atom stereocenters. The number of nitrogens with zero attached hydrogens (tertiary/aromatic N) is 4. The van der Waals surface area contributed by atoms with Crippen molar-refractivity contribution in [2.24, 2.45) is 7.05 Å². The fraction of sp³-hybridized carbons (Fsp3) is 0.333. The highest BCUT2D eigenvalue weighted by atomic mass is 35.5. The summed E-state index contributed by atoms with van der Waals surface area (Å²) >= 11 is 6.96. The molecule has 0 spiro atoms. The number of carbonyl (C=O) groups is 1. The summed E-state index contributed by atoms with van der Waals surface area (Å²) in [4.78, 5) is 15.0. The molecule has 7 nitrogen and oxygen atoms in total. The third kappa shape index (κ3) is 4.87. The quantitative estimate of drug-likeness (QED) is 0.207. The molecule has 218 valence electrons. The molecule has 0 fully saturated rings. The Kier molecular flexibility index (Phi) is 7.58. The molecule has 2 aromatic heterocycles. The highest BCUT2D eigenvalue weighted by Crippen LogP contribution is 2.44. The van der Waals surface area contributed by atoms with Gasteiger partial charge in [0.15, 0.2) is 5.82 Å². The van der Waals surface area contributed by atoms with Crippen molar-refractivity contribution in [3.05, 3.63) is 76.3 Å². The largest absolute Gasteiger partial charge is 0.493 e. The number of aryl methyl sites for hydroxylation is 3. The van der Waals surface area contributed by atoms with Crippen LogP contribution in [0.3, 0.4) is 0 Å². The molecule has 0 bridgehead atoms. The van der Waals surface area contributed by atoms with Crippen molar-refractivity contribution < 1.29 is 19.0 Å². The van der Waals surface area contributed by atoms with Gasteiger partial charge in [-0.1, -0.05) is 29.8 Å². The average Bonchev–Trinajstić information content (AvgIpc) is 3.43. The second-order valence-electron chi connectivity index (χ2n) is 11.1. The Morgan fingerprint density at radius 1 is 1.05 bits per heavy atom. The molecular formula is C33H34ClFN4O3. The normalized spacial score (nSPS) is 13.8. The van der Waals surface area contributed by atoms with E-state index < -0.39 is 5.97 Å². The maximum atomic E-state index is 13.7. The predicted octanol–water partition coefficient (Wildman–Crippen LogP) is 7.63. The summed E-state index contributed by atoms with van der Waals surface area (Å²) in [7, 11) is 3.98. The lowest BCUT2D eigenvalue weighted by atomic mass is 9.99. The molecule has 0 radical (unpaired) electrons. The lowest BCUT2D eigenvalue weighted by Crippen LogP contribution is -2.19. The summed E-state index contributed by atoms with van der Waals surface area (Å²) < 4.78 is 23.7. The number of benzene rings is 3. The van der Waals surface area contributed by atoms with Gasteiger partial charge < -0.3 is 19.3 Å². The van der Waals surface area contributed by atoms with Crippen LogP contribution in [0, 0.1) is 12.7 Å². The van der Waals surface area contributed by atoms with Crippen molar-refractivity contribution in [3.8, 4) is 16.9 Å². The number of carboxylic acid groups (broad SMARTS) is 1. The topological polar surface area (TPSA) is 72.5 Å². The summed E-state index contributed by atoms with van der Waals surface area (Å²) in [5, 5.41) is 18.5. The Morgan fingerprint density at radius 2 is 1.83 bits per heavy atom. The molecule has 0 saturated carbocycles. The highest BCUT2D eigenvalue weighted by Gasteiger charge is 2.29. The average molecular weight is 589 g/mol. The van der Waals surface area contributed by atoms with E-state index in [0.717, 1.165) is 75.7 Å². The van der Waals surface area contributed by atoms with Gasteiger partial charge in [0.05, 0.1) is 22.7 Å². The standard InChI is InChI=1S/C33H34ClFN4O3/c1-20-28-29-26(34)15-14-25-24(10-8-18-42-27-11-7-9-21-19-22(35)12-13-23(21)27)31(33(40)41)39(30(25)29)17-6-4-5-16-37(2)32(28)36-38(20)3/h7,9,11-15,19H,4-6,8,10,16-18H2,1-3H3,(H,40,41). The minimum Gasteiger partial charge on any atom is -0.493 e. The van der Waals surface area contributed by atoms with Crippen LogP contribution in [0.2, 0.25) is 5.02 Å². The van der Waals surface area contributed by atoms with Gasteiger partial charge >= 0.3 is 5.97 Å². The van der Waals surface area contributed by atoms with Crippen molar-refractivity contribution >= 4 is 45.1 Å². The lowest BCUT2D eigenvalue weighted by molar-refractivity contribution is 0.0684. The van der Waals surface area contributed by atoms with Crippen molar-refractivity contribution in [2.45, 2.75) is 45.6 Å². The number of rotatable bonds is 6. The zero-order valence-electron chi connectivity index (χ0n) is 24.1. The zero-order valence-corrected chi connectivity index (χ0v) is 24.8. The van der Waals surface area contributed by atoms with Gasteiger partial charge in [0, 0.05) is 49.2 Å². The van der Waals surface area contributed by atoms with Gasteiger partial charge in [-0.15, -0.1) is 0 Å². The fourth-order valence-electron chi connectivity index (χ4n) is 6.29. The van der Waals surface area contributed by atoms with Crippen molar-refractivity contribution in [1.29, 1.82) is 0 Å². The van der Waals surface area contributed by atoms with E-state index >= 15 is 0 Å². The van der Waals surface area contributed by atoms with Crippen LogP contribution in [0.5, 0.6) is 5.75 Å². The molecule has 0 atom stereocenters. The number of aromatic nitrogens is 3. The molecule has 0 saturated heterocycles. The number of ether oxygens (including phenoxy) is 1. The molecule has 6 rings (SSSR count). The Bertz CT molecular complexity index is 1830. The summed E-state index contributed by atoms with van der Waals surface area (Å²) in [6.45, 7) is 3.86. The number of carboxylic acids is 1. The van der Waals surface area contributed by atoms with Gasteiger partial charge in [-0.2, -0.15) is 5.10 Å². The SMILES string of the molecule is Cc1c2c(nn1C)N(C)CCCCCn1c(C(=O)O)c(CCCOc3cccc4cc(F)ccc34)c3ccc(Cl)c-2c31. The first kappa shape index (κ1) is 28.1. The highest BCUT2D eigenvalue weighted by molar-refractivity contribution is 6.35. The van der Waals surface area contributed by atoms with E-state index in [-0.39, 0.29) is 5.82 Å². The Hall–Kier alpha value is -4.04. The van der Waals surface area contributed by atoms with E-state index in [4.69, 9.17) is 21.4 Å². The molecular weight excluding hydrogens is 555 g/mol. The van der Waals surface area contributed by atoms with Crippen LogP contribution >= 0.6 is 11.6 Å². The number of hydrogen-bond acceptors (Lipinski definition) is 4. The number of aromatic carboxylic acids is 1. The van der Waals surface area contributed by atoms with Gasteiger partial charge in [-0.05, 0) is 80.3 Å². The Morgan fingerprint density at radius 3 is 2.64 bits per heavy atom. The molecule has 1 N–H and O–H groups in total. The van der Waals surface area contributed by atoms with E-state index in [9.17, 15) is 14.3 Å². The van der Waals surface area contributed by atoms with E-state index in [1.165, 1.54) is 12.1 Å². The number of fused-ring (bicyclic) bond motifs is 3. The molecule has 0 aliphatic carbocycles. The fourth-order valence-corrected chi connectivity index (χ4v) is 6.53. The van der Waals surface area contributed by atoms with E-state index in [1.54, 1.807) is 6.07 Å². The molecule has 3 aromatic carbocycles. The molecule has 1 aliphatic rings. The van der Waals surface area contributed by atoms with Crippen molar-refractivity contribution in [1.82, 2.24) is 14.3 Å². The van der Waals surface area contributed by atoms with Gasteiger partial charge in [0.2, 0.25) is 0 Å². The number of halogens is 2.